The molecule has 0 saturated carbocycles. The van der Waals surface area contributed by atoms with E-state index >= 15 is 0 Å². The molecule has 1 heterocycles. The van der Waals surface area contributed by atoms with Crippen LogP contribution in [-0.4, -0.2) is 32.0 Å². The minimum absolute atomic E-state index is 0.167. The lowest BCUT2D eigenvalue weighted by molar-refractivity contribution is 0.282. The molecule has 0 aliphatic heterocycles. The van der Waals surface area contributed by atoms with E-state index < -0.39 is 10.0 Å². The van der Waals surface area contributed by atoms with Crippen molar-refractivity contribution in [1.29, 1.82) is 0 Å². The van der Waals surface area contributed by atoms with Gasteiger partial charge in [0.2, 0.25) is 10.0 Å². The topological polar surface area (TPSA) is 66.8 Å². The molecule has 0 atom stereocenters. The average molecular weight is 327 g/mol. The van der Waals surface area contributed by atoms with E-state index in [4.69, 9.17) is 4.74 Å². The standard InChI is InChI=1S/C14H17NO4S2/c1-15(9-11-4-3-5-12(8-11)19-2)21(17,18)14-6-7-20-13(14)10-16/h3-8,16H,9-10H2,1-2H3. The van der Waals surface area contributed by atoms with Crippen molar-refractivity contribution in [3.63, 3.8) is 0 Å². The third-order valence-electron chi connectivity index (χ3n) is 3.08. The number of thiophene rings is 1. The van der Waals surface area contributed by atoms with Gasteiger partial charge in [0.1, 0.15) is 5.75 Å². The van der Waals surface area contributed by atoms with Gasteiger partial charge in [-0.2, -0.15) is 4.31 Å². The number of benzene rings is 1. The van der Waals surface area contributed by atoms with E-state index in [1.807, 2.05) is 12.1 Å². The van der Waals surface area contributed by atoms with Crippen LogP contribution in [0.1, 0.15) is 10.4 Å². The number of methoxy groups -OCH3 is 1. The Morgan fingerprint density at radius 1 is 1.33 bits per heavy atom. The van der Waals surface area contributed by atoms with Crippen molar-refractivity contribution in [3.8, 4) is 5.75 Å². The largest absolute Gasteiger partial charge is 0.497 e. The maximum Gasteiger partial charge on any atom is 0.244 e. The van der Waals surface area contributed by atoms with E-state index in [1.54, 1.807) is 24.6 Å². The van der Waals surface area contributed by atoms with Gasteiger partial charge in [-0.15, -0.1) is 11.3 Å². The fraction of sp³-hybridized carbons (Fsp3) is 0.286. The lowest BCUT2D eigenvalue weighted by atomic mass is 10.2. The third kappa shape index (κ3) is 3.44. The molecule has 1 N–H and O–H groups in total. The Morgan fingerprint density at radius 3 is 2.76 bits per heavy atom. The predicted molar refractivity (Wildman–Crippen MR) is 81.9 cm³/mol. The van der Waals surface area contributed by atoms with Crippen molar-refractivity contribution < 1.29 is 18.3 Å². The van der Waals surface area contributed by atoms with Crippen molar-refractivity contribution in [3.05, 3.63) is 46.2 Å². The molecule has 2 aromatic rings. The molecule has 0 amide bonds. The van der Waals surface area contributed by atoms with Crippen LogP contribution in [-0.2, 0) is 23.2 Å². The molecule has 0 aliphatic carbocycles. The Morgan fingerprint density at radius 2 is 2.10 bits per heavy atom. The summed E-state index contributed by atoms with van der Waals surface area (Å²) in [6, 6.07) is 8.79. The summed E-state index contributed by atoms with van der Waals surface area (Å²) < 4.78 is 31.4. The maximum absolute atomic E-state index is 12.5. The summed E-state index contributed by atoms with van der Waals surface area (Å²) in [4.78, 5) is 0.618. The molecule has 0 saturated heterocycles. The van der Waals surface area contributed by atoms with E-state index in [2.05, 4.69) is 0 Å². The molecule has 5 nitrogen and oxygen atoms in total. The zero-order chi connectivity index (χ0) is 15.5. The molecule has 0 radical (unpaired) electrons. The van der Waals surface area contributed by atoms with Gasteiger partial charge in [-0.1, -0.05) is 12.1 Å². The van der Waals surface area contributed by atoms with Gasteiger partial charge in [-0.3, -0.25) is 0 Å². The zero-order valence-electron chi connectivity index (χ0n) is 11.8. The Labute approximate surface area is 128 Å². The number of hydrogen-bond acceptors (Lipinski definition) is 5. The molecule has 0 bridgehead atoms. The summed E-state index contributed by atoms with van der Waals surface area (Å²) in [6.45, 7) is -0.0422. The quantitative estimate of drug-likeness (QED) is 0.882. The molecule has 114 valence electrons. The number of sulfonamides is 1. The van der Waals surface area contributed by atoms with E-state index in [0.717, 1.165) is 5.56 Å². The van der Waals surface area contributed by atoms with Gasteiger partial charge in [-0.25, -0.2) is 8.42 Å². The lowest BCUT2D eigenvalue weighted by Crippen LogP contribution is -2.26. The molecule has 21 heavy (non-hydrogen) atoms. The molecule has 0 aliphatic rings. The molecule has 1 aromatic carbocycles. The SMILES string of the molecule is COc1cccc(CN(C)S(=O)(=O)c2ccsc2CO)c1. The summed E-state index contributed by atoms with van der Waals surface area (Å²) in [5.41, 5.74) is 0.834. The molecule has 7 heteroatoms. The summed E-state index contributed by atoms with van der Waals surface area (Å²) in [7, 11) is -0.524. The van der Waals surface area contributed by atoms with E-state index in [1.165, 1.54) is 28.8 Å². The fourth-order valence-electron chi connectivity index (χ4n) is 1.95. The van der Waals surface area contributed by atoms with Gasteiger partial charge < -0.3 is 9.84 Å². The number of ether oxygens (including phenoxy) is 1. The van der Waals surface area contributed by atoms with Crippen LogP contribution in [0.4, 0.5) is 0 Å². The highest BCUT2D eigenvalue weighted by Gasteiger charge is 2.24. The Kier molecular flexibility index (Phi) is 5.00. The lowest BCUT2D eigenvalue weighted by Gasteiger charge is -2.17. The van der Waals surface area contributed by atoms with Gasteiger partial charge in [-0.05, 0) is 29.1 Å². The second-order valence-electron chi connectivity index (χ2n) is 4.48. The highest BCUT2D eigenvalue weighted by atomic mass is 32.2. The van der Waals surface area contributed by atoms with Crippen LogP contribution in [0.3, 0.4) is 0 Å². The number of hydrogen-bond donors (Lipinski definition) is 1. The first-order chi connectivity index (χ1) is 9.98. The summed E-state index contributed by atoms with van der Waals surface area (Å²) in [6.07, 6.45) is 0. The maximum atomic E-state index is 12.5. The molecule has 1 aromatic heterocycles. The predicted octanol–water partition coefficient (Wildman–Crippen LogP) is 2.07. The number of aliphatic hydroxyl groups excluding tert-OH is 1. The first-order valence-corrected chi connectivity index (χ1v) is 8.57. The summed E-state index contributed by atoms with van der Waals surface area (Å²) in [5.74, 6) is 0.685. The van der Waals surface area contributed by atoms with Crippen LogP contribution < -0.4 is 4.74 Å². The van der Waals surface area contributed by atoms with Crippen molar-refractivity contribution in [2.24, 2.45) is 0 Å². The van der Waals surface area contributed by atoms with Crippen LogP contribution in [0.2, 0.25) is 0 Å². The van der Waals surface area contributed by atoms with E-state index in [9.17, 15) is 13.5 Å². The Balaban J connectivity index is 2.24. The first kappa shape index (κ1) is 16.0. The fourth-order valence-corrected chi connectivity index (χ4v) is 4.38. The van der Waals surface area contributed by atoms with Gasteiger partial charge in [0.25, 0.3) is 0 Å². The zero-order valence-corrected chi connectivity index (χ0v) is 13.4. The van der Waals surface area contributed by atoms with Crippen LogP contribution in [0.25, 0.3) is 0 Å². The monoisotopic (exact) mass is 327 g/mol. The van der Waals surface area contributed by atoms with Gasteiger partial charge in [0.15, 0.2) is 0 Å². The molecule has 2 rings (SSSR count). The van der Waals surface area contributed by atoms with Gasteiger partial charge in [0.05, 0.1) is 18.6 Å². The van der Waals surface area contributed by atoms with E-state index in [-0.39, 0.29) is 18.0 Å². The van der Waals surface area contributed by atoms with E-state index in [0.29, 0.717) is 10.6 Å². The number of rotatable bonds is 6. The smallest absolute Gasteiger partial charge is 0.244 e. The van der Waals surface area contributed by atoms with Crippen LogP contribution >= 0.6 is 11.3 Å². The minimum atomic E-state index is -3.61. The normalized spacial score (nSPS) is 11.8. The van der Waals surface area contributed by atoms with Crippen LogP contribution in [0.5, 0.6) is 5.75 Å². The van der Waals surface area contributed by atoms with Crippen molar-refractivity contribution in [2.45, 2.75) is 18.0 Å². The molecule has 0 spiro atoms. The van der Waals surface area contributed by atoms with Crippen LogP contribution in [0.15, 0.2) is 40.6 Å². The number of nitrogens with zero attached hydrogens (tertiary/aromatic N) is 1. The summed E-state index contributed by atoms with van der Waals surface area (Å²) in [5, 5.41) is 10.9. The first-order valence-electron chi connectivity index (χ1n) is 6.25. The highest BCUT2D eigenvalue weighted by molar-refractivity contribution is 7.89. The van der Waals surface area contributed by atoms with Crippen molar-refractivity contribution in [2.75, 3.05) is 14.2 Å². The Hall–Kier alpha value is -1.41. The molecular weight excluding hydrogens is 310 g/mol. The second-order valence-corrected chi connectivity index (χ2v) is 7.49. The van der Waals surface area contributed by atoms with Crippen molar-refractivity contribution in [1.82, 2.24) is 4.31 Å². The molecule has 0 fully saturated rings. The number of aliphatic hydroxyl groups is 1. The van der Waals surface area contributed by atoms with Gasteiger partial charge in [0, 0.05) is 18.5 Å². The molecule has 0 unspecified atom stereocenters. The average Bonchev–Trinajstić information content (AvgIpc) is 2.96. The van der Waals surface area contributed by atoms with Gasteiger partial charge >= 0.3 is 0 Å². The minimum Gasteiger partial charge on any atom is -0.497 e. The Bertz CT molecular complexity index is 709. The third-order valence-corrected chi connectivity index (χ3v) is 6.00. The molecular formula is C14H17NO4S2. The van der Waals surface area contributed by atoms with Crippen LogP contribution in [0, 0.1) is 0 Å². The second kappa shape index (κ2) is 6.57. The summed E-state index contributed by atoms with van der Waals surface area (Å²) >= 11 is 1.23. The van der Waals surface area contributed by atoms with Crippen molar-refractivity contribution >= 4 is 21.4 Å². The highest BCUT2D eigenvalue weighted by Crippen LogP contribution is 2.25.